The third-order valence-corrected chi connectivity index (χ3v) is 6.19. The molecule has 0 amide bonds. The largest absolute Gasteiger partial charge is 0.494 e. The van der Waals surface area contributed by atoms with E-state index >= 15 is 0 Å². The van der Waals surface area contributed by atoms with Crippen LogP contribution in [0.15, 0.2) is 66.7 Å². The number of rotatable bonds is 14. The van der Waals surface area contributed by atoms with E-state index in [1.54, 1.807) is 24.3 Å². The van der Waals surface area contributed by atoms with Crippen molar-refractivity contribution in [1.29, 1.82) is 0 Å². The predicted octanol–water partition coefficient (Wildman–Crippen LogP) is 8.88. The second kappa shape index (κ2) is 16.2. The topological polar surface area (TPSA) is 35.5 Å². The molecule has 0 saturated carbocycles. The van der Waals surface area contributed by atoms with E-state index in [0.717, 1.165) is 42.0 Å². The van der Waals surface area contributed by atoms with Gasteiger partial charge in [0.1, 0.15) is 11.5 Å². The van der Waals surface area contributed by atoms with Gasteiger partial charge in [-0.25, -0.2) is 13.6 Å². The molecule has 3 aromatic rings. The van der Waals surface area contributed by atoms with E-state index in [0.29, 0.717) is 0 Å². The third kappa shape index (κ3) is 10.4. The monoisotopic (exact) mass is 518 g/mol. The molecule has 200 valence electrons. The van der Waals surface area contributed by atoms with Gasteiger partial charge in [-0.3, -0.25) is 0 Å². The minimum Gasteiger partial charge on any atom is -0.494 e. The predicted molar refractivity (Wildman–Crippen MR) is 148 cm³/mol. The summed E-state index contributed by atoms with van der Waals surface area (Å²) < 4.78 is 37.3. The maximum atomic E-state index is 13.3. The molecular formula is C33H36F2O3. The first kappa shape index (κ1) is 28.9. The van der Waals surface area contributed by atoms with Gasteiger partial charge in [0.25, 0.3) is 0 Å². The summed E-state index contributed by atoms with van der Waals surface area (Å²) in [6.07, 6.45) is 13.0. The highest BCUT2D eigenvalue weighted by molar-refractivity contribution is 5.91. The third-order valence-electron chi connectivity index (χ3n) is 6.19. The molecule has 0 unspecified atom stereocenters. The van der Waals surface area contributed by atoms with Gasteiger partial charge in [-0.2, -0.15) is 0 Å². The Morgan fingerprint density at radius 3 is 1.76 bits per heavy atom. The molecule has 0 aliphatic heterocycles. The first-order valence-corrected chi connectivity index (χ1v) is 13.6. The molecule has 0 N–H and O–H groups in total. The molecule has 3 nitrogen and oxygen atoms in total. The van der Waals surface area contributed by atoms with E-state index in [1.165, 1.54) is 63.9 Å². The fourth-order valence-corrected chi connectivity index (χ4v) is 3.95. The second-order valence-electron chi connectivity index (χ2n) is 9.35. The van der Waals surface area contributed by atoms with Crippen LogP contribution in [0.5, 0.6) is 11.5 Å². The summed E-state index contributed by atoms with van der Waals surface area (Å²) in [5, 5.41) is 0. The molecule has 0 atom stereocenters. The number of unbranched alkanes of at least 4 members (excludes halogenated alkanes) is 9. The zero-order valence-corrected chi connectivity index (χ0v) is 22.1. The number of carbonyl (C=O) groups is 1. The van der Waals surface area contributed by atoms with Gasteiger partial charge >= 0.3 is 5.97 Å². The second-order valence-corrected chi connectivity index (χ2v) is 9.35. The molecule has 0 aromatic heterocycles. The lowest BCUT2D eigenvalue weighted by Gasteiger charge is -2.06. The Bertz CT molecular complexity index is 1190. The number of hydrogen-bond donors (Lipinski definition) is 0. The summed E-state index contributed by atoms with van der Waals surface area (Å²) in [4.78, 5) is 12.2. The quantitative estimate of drug-likeness (QED) is 0.0925. The molecule has 5 heteroatoms. The van der Waals surface area contributed by atoms with Crippen molar-refractivity contribution < 1.29 is 23.0 Å². The fraction of sp³-hybridized carbons (Fsp3) is 0.364. The van der Waals surface area contributed by atoms with Crippen LogP contribution in [-0.2, 0) is 0 Å². The van der Waals surface area contributed by atoms with Crippen LogP contribution in [0.1, 0.15) is 92.6 Å². The minimum absolute atomic E-state index is 0.0614. The Morgan fingerprint density at radius 2 is 1.18 bits per heavy atom. The zero-order valence-electron chi connectivity index (χ0n) is 22.1. The van der Waals surface area contributed by atoms with E-state index in [9.17, 15) is 13.6 Å². The molecule has 38 heavy (non-hydrogen) atoms. The summed E-state index contributed by atoms with van der Waals surface area (Å²) >= 11 is 0. The van der Waals surface area contributed by atoms with Gasteiger partial charge in [0.05, 0.1) is 12.2 Å². The molecule has 0 aliphatic carbocycles. The SMILES string of the molecule is CCCCCCCCCCCCOc1ccc(C#Cc2ccc(C(=O)Oc3ccc(F)c(F)c3)cc2)cc1. The van der Waals surface area contributed by atoms with Gasteiger partial charge in [-0.1, -0.05) is 76.6 Å². The maximum absolute atomic E-state index is 13.3. The lowest BCUT2D eigenvalue weighted by molar-refractivity contribution is 0.0734. The molecule has 0 aliphatic rings. The van der Waals surface area contributed by atoms with Crippen LogP contribution >= 0.6 is 0 Å². The van der Waals surface area contributed by atoms with Gasteiger partial charge in [0.15, 0.2) is 11.6 Å². The van der Waals surface area contributed by atoms with Crippen LogP contribution < -0.4 is 9.47 Å². The Morgan fingerprint density at radius 1 is 0.658 bits per heavy atom. The van der Waals surface area contributed by atoms with E-state index < -0.39 is 17.6 Å². The highest BCUT2D eigenvalue weighted by Crippen LogP contribution is 2.18. The normalized spacial score (nSPS) is 10.5. The summed E-state index contributed by atoms with van der Waals surface area (Å²) in [5.41, 5.74) is 1.87. The van der Waals surface area contributed by atoms with Crippen LogP contribution in [0.3, 0.4) is 0 Å². The van der Waals surface area contributed by atoms with Crippen LogP contribution in [0.2, 0.25) is 0 Å². The Balaban J connectivity index is 1.36. The van der Waals surface area contributed by atoms with Crippen LogP contribution in [0.4, 0.5) is 8.78 Å². The van der Waals surface area contributed by atoms with E-state index in [1.807, 2.05) is 24.3 Å². The fourth-order valence-electron chi connectivity index (χ4n) is 3.95. The van der Waals surface area contributed by atoms with Crippen molar-refractivity contribution >= 4 is 5.97 Å². The minimum atomic E-state index is -1.07. The molecule has 0 spiro atoms. The summed E-state index contributed by atoms with van der Waals surface area (Å²) in [7, 11) is 0. The number of esters is 1. The molecule has 0 heterocycles. The van der Waals surface area contributed by atoms with Crippen LogP contribution in [0, 0.1) is 23.5 Å². The molecule has 0 fully saturated rings. The van der Waals surface area contributed by atoms with Gasteiger partial charge in [0, 0.05) is 17.2 Å². The number of carbonyl (C=O) groups excluding carboxylic acids is 1. The number of ether oxygens (including phenoxy) is 2. The van der Waals surface area contributed by atoms with Crippen molar-refractivity contribution in [1.82, 2.24) is 0 Å². The van der Waals surface area contributed by atoms with Crippen molar-refractivity contribution in [2.24, 2.45) is 0 Å². The Hall–Kier alpha value is -3.65. The standard InChI is InChI=1S/C33H36F2O3/c1-2-3-4-5-6-7-8-9-10-11-24-37-29-20-16-27(17-21-29)13-12-26-14-18-28(19-15-26)33(36)38-30-22-23-31(34)32(35)25-30/h14-23,25H,2-11,24H2,1H3. The summed E-state index contributed by atoms with van der Waals surface area (Å²) in [6, 6.07) is 17.2. The zero-order chi connectivity index (χ0) is 27.0. The lowest BCUT2D eigenvalue weighted by atomic mass is 10.1. The maximum Gasteiger partial charge on any atom is 0.343 e. The van der Waals surface area contributed by atoms with Crippen LogP contribution in [-0.4, -0.2) is 12.6 Å². The van der Waals surface area contributed by atoms with Crippen molar-refractivity contribution in [2.75, 3.05) is 6.61 Å². The van der Waals surface area contributed by atoms with Gasteiger partial charge in [-0.05, 0) is 67.1 Å². The number of halogens is 2. The van der Waals surface area contributed by atoms with E-state index in [4.69, 9.17) is 9.47 Å². The van der Waals surface area contributed by atoms with Gasteiger partial charge < -0.3 is 9.47 Å². The van der Waals surface area contributed by atoms with Crippen molar-refractivity contribution in [3.8, 4) is 23.3 Å². The lowest BCUT2D eigenvalue weighted by Crippen LogP contribution is -2.08. The molecule has 0 radical (unpaired) electrons. The highest BCUT2D eigenvalue weighted by atomic mass is 19.2. The number of hydrogen-bond acceptors (Lipinski definition) is 3. The smallest absolute Gasteiger partial charge is 0.343 e. The molecule has 0 saturated heterocycles. The molecule has 3 aromatic carbocycles. The van der Waals surface area contributed by atoms with Crippen molar-refractivity contribution in [3.63, 3.8) is 0 Å². The van der Waals surface area contributed by atoms with Crippen molar-refractivity contribution in [3.05, 3.63) is 95.1 Å². The van der Waals surface area contributed by atoms with Crippen LogP contribution in [0.25, 0.3) is 0 Å². The average molecular weight is 519 g/mol. The molecular weight excluding hydrogens is 482 g/mol. The van der Waals surface area contributed by atoms with Crippen molar-refractivity contribution in [2.45, 2.75) is 71.1 Å². The average Bonchev–Trinajstić information content (AvgIpc) is 2.93. The summed E-state index contributed by atoms with van der Waals surface area (Å²) in [6.45, 7) is 2.98. The first-order chi connectivity index (χ1) is 18.5. The first-order valence-electron chi connectivity index (χ1n) is 13.6. The number of benzene rings is 3. The summed E-state index contributed by atoms with van der Waals surface area (Å²) in [5.74, 6) is 4.21. The van der Waals surface area contributed by atoms with Gasteiger partial charge in [-0.15, -0.1) is 0 Å². The Kier molecular flexibility index (Phi) is 12.4. The highest BCUT2D eigenvalue weighted by Gasteiger charge is 2.10. The van der Waals surface area contributed by atoms with E-state index in [-0.39, 0.29) is 11.3 Å². The molecule has 0 bridgehead atoms. The van der Waals surface area contributed by atoms with Gasteiger partial charge in [0.2, 0.25) is 0 Å². The Labute approximate surface area is 225 Å². The van der Waals surface area contributed by atoms with E-state index in [2.05, 4.69) is 18.8 Å². The molecule has 3 rings (SSSR count).